The summed E-state index contributed by atoms with van der Waals surface area (Å²) in [4.78, 5) is 14.3. The summed E-state index contributed by atoms with van der Waals surface area (Å²) in [6, 6.07) is 12.4. The van der Waals surface area contributed by atoms with Crippen LogP contribution in [0.2, 0.25) is 10.0 Å². The Morgan fingerprint density at radius 1 is 1.15 bits per heavy atom. The van der Waals surface area contributed by atoms with Crippen LogP contribution in [0, 0.1) is 6.07 Å². The molecule has 1 aliphatic rings. The number of nitrogens with zero attached hydrogens (tertiary/aromatic N) is 1. The fourth-order valence-corrected chi connectivity index (χ4v) is 3.52. The first-order valence-electron chi connectivity index (χ1n) is 8.62. The van der Waals surface area contributed by atoms with Crippen LogP contribution in [-0.2, 0) is 4.79 Å². The van der Waals surface area contributed by atoms with Crippen LogP contribution < -0.4 is 4.74 Å². The number of para-hydroxylation sites is 1. The first-order valence-corrected chi connectivity index (χ1v) is 9.37. The van der Waals surface area contributed by atoms with E-state index in [1.54, 1.807) is 25.3 Å². The molecule has 0 unspecified atom stereocenters. The van der Waals surface area contributed by atoms with Gasteiger partial charge in [-0.2, -0.15) is 0 Å². The minimum Gasteiger partial charge on any atom is -0.496 e. The summed E-state index contributed by atoms with van der Waals surface area (Å²) in [6.45, 7) is 1.61. The summed E-state index contributed by atoms with van der Waals surface area (Å²) >= 11 is 12.6. The molecule has 0 saturated carbocycles. The van der Waals surface area contributed by atoms with Gasteiger partial charge in [0.1, 0.15) is 5.75 Å². The molecule has 0 atom stereocenters. The summed E-state index contributed by atoms with van der Waals surface area (Å²) in [6.07, 6.45) is 6.60. The van der Waals surface area contributed by atoms with E-state index in [1.165, 1.54) is 6.42 Å². The van der Waals surface area contributed by atoms with Gasteiger partial charge in [-0.1, -0.05) is 41.4 Å². The molecule has 0 N–H and O–H groups in total. The van der Waals surface area contributed by atoms with Gasteiger partial charge in [0.25, 0.3) is 0 Å². The molecular weight excluding hydrogens is 369 g/mol. The number of hydrogen-bond acceptors (Lipinski definition) is 2. The predicted molar refractivity (Wildman–Crippen MR) is 107 cm³/mol. The van der Waals surface area contributed by atoms with Crippen molar-refractivity contribution in [1.29, 1.82) is 0 Å². The molecule has 1 radical (unpaired) electrons. The molecule has 2 aromatic carbocycles. The number of hydrogen-bond donors (Lipinski definition) is 0. The monoisotopic (exact) mass is 388 g/mol. The first-order chi connectivity index (χ1) is 12.6. The lowest BCUT2D eigenvalue weighted by molar-refractivity contribution is -0.126. The molecule has 1 heterocycles. The molecule has 1 saturated heterocycles. The second kappa shape index (κ2) is 8.61. The van der Waals surface area contributed by atoms with E-state index in [2.05, 4.69) is 6.07 Å². The van der Waals surface area contributed by atoms with E-state index in [0.29, 0.717) is 15.6 Å². The third-order valence-electron chi connectivity index (χ3n) is 4.52. The molecule has 1 aliphatic heterocycles. The second-order valence-electron chi connectivity index (χ2n) is 6.16. The van der Waals surface area contributed by atoms with Crippen LogP contribution in [0.1, 0.15) is 24.8 Å². The lowest BCUT2D eigenvalue weighted by Crippen LogP contribution is -2.34. The predicted octanol–water partition coefficient (Wildman–Crippen LogP) is 5.49. The van der Waals surface area contributed by atoms with E-state index in [-0.39, 0.29) is 5.91 Å². The van der Waals surface area contributed by atoms with Crippen LogP contribution in [0.25, 0.3) is 17.2 Å². The zero-order chi connectivity index (χ0) is 18.5. The molecule has 0 aromatic heterocycles. The van der Waals surface area contributed by atoms with Crippen molar-refractivity contribution in [3.63, 3.8) is 0 Å². The standard InChI is InChI=1S/C21H20Cl2NO2/c1-26-19-8-4-3-7-16(19)15-9-11-18(22)21(23)17(15)10-12-20(25)24-13-5-2-6-14-24/h3-4,7-10,12H,2,5-6,13-14H2,1H3/b12-10+. The maximum Gasteiger partial charge on any atom is 0.246 e. The Hall–Kier alpha value is -1.97. The maximum absolute atomic E-state index is 12.5. The fraction of sp³-hybridized carbons (Fsp3) is 0.286. The van der Waals surface area contributed by atoms with E-state index in [9.17, 15) is 4.79 Å². The van der Waals surface area contributed by atoms with Crippen molar-refractivity contribution in [3.8, 4) is 16.9 Å². The molecular formula is C21H20Cl2NO2. The van der Waals surface area contributed by atoms with Gasteiger partial charge in [0.2, 0.25) is 5.91 Å². The van der Waals surface area contributed by atoms with Crippen molar-refractivity contribution < 1.29 is 9.53 Å². The second-order valence-corrected chi connectivity index (χ2v) is 6.92. The van der Waals surface area contributed by atoms with E-state index in [1.807, 2.05) is 29.2 Å². The number of carbonyl (C=O) groups is 1. The zero-order valence-electron chi connectivity index (χ0n) is 14.6. The van der Waals surface area contributed by atoms with Crippen LogP contribution in [0.5, 0.6) is 5.75 Å². The van der Waals surface area contributed by atoms with Crippen molar-refractivity contribution >= 4 is 35.2 Å². The highest BCUT2D eigenvalue weighted by molar-refractivity contribution is 6.43. The smallest absolute Gasteiger partial charge is 0.246 e. The summed E-state index contributed by atoms with van der Waals surface area (Å²) < 4.78 is 5.46. The first kappa shape index (κ1) is 18.8. The van der Waals surface area contributed by atoms with Crippen molar-refractivity contribution in [2.24, 2.45) is 0 Å². The highest BCUT2D eigenvalue weighted by atomic mass is 35.5. The molecule has 2 aromatic rings. The molecule has 0 spiro atoms. The molecule has 1 fully saturated rings. The summed E-state index contributed by atoms with van der Waals surface area (Å²) in [5.74, 6) is 0.715. The van der Waals surface area contributed by atoms with Crippen molar-refractivity contribution in [3.05, 3.63) is 58.1 Å². The minimum atomic E-state index is -0.00398. The highest BCUT2D eigenvalue weighted by Gasteiger charge is 2.16. The Morgan fingerprint density at radius 2 is 1.88 bits per heavy atom. The van der Waals surface area contributed by atoms with Crippen LogP contribution in [-0.4, -0.2) is 31.0 Å². The highest BCUT2D eigenvalue weighted by Crippen LogP contribution is 2.38. The Labute approximate surface area is 164 Å². The lowest BCUT2D eigenvalue weighted by Gasteiger charge is -2.25. The van der Waals surface area contributed by atoms with Crippen molar-refractivity contribution in [1.82, 2.24) is 4.90 Å². The summed E-state index contributed by atoms with van der Waals surface area (Å²) in [5, 5.41) is 0.702. The van der Waals surface area contributed by atoms with Gasteiger partial charge >= 0.3 is 0 Å². The minimum absolute atomic E-state index is 0.00398. The van der Waals surface area contributed by atoms with Crippen molar-refractivity contribution in [2.75, 3.05) is 20.2 Å². The third-order valence-corrected chi connectivity index (χ3v) is 5.31. The number of halogens is 2. The summed E-state index contributed by atoms with van der Waals surface area (Å²) in [5.41, 5.74) is 2.37. The Bertz CT molecular complexity index is 827. The average Bonchev–Trinajstić information content (AvgIpc) is 2.69. The number of carbonyl (C=O) groups excluding carboxylic acids is 1. The van der Waals surface area contributed by atoms with Crippen LogP contribution in [0.4, 0.5) is 0 Å². The van der Waals surface area contributed by atoms with Crippen LogP contribution >= 0.6 is 23.2 Å². The van der Waals surface area contributed by atoms with Gasteiger partial charge in [0.05, 0.1) is 17.2 Å². The molecule has 1 amide bonds. The van der Waals surface area contributed by atoms with Gasteiger partial charge in [0.15, 0.2) is 0 Å². The van der Waals surface area contributed by atoms with E-state index < -0.39 is 0 Å². The van der Waals surface area contributed by atoms with Gasteiger partial charge in [-0.3, -0.25) is 4.79 Å². The number of piperidine rings is 1. The molecule has 5 heteroatoms. The zero-order valence-corrected chi connectivity index (χ0v) is 16.1. The Balaban J connectivity index is 1.99. The Morgan fingerprint density at radius 3 is 2.62 bits per heavy atom. The molecule has 0 aliphatic carbocycles. The maximum atomic E-state index is 12.5. The number of methoxy groups -OCH3 is 1. The van der Waals surface area contributed by atoms with Gasteiger partial charge in [-0.05, 0) is 43.0 Å². The third kappa shape index (κ3) is 4.05. The van der Waals surface area contributed by atoms with Crippen LogP contribution in [0.3, 0.4) is 0 Å². The molecule has 3 rings (SSSR count). The van der Waals surface area contributed by atoms with Gasteiger partial charge in [-0.15, -0.1) is 0 Å². The topological polar surface area (TPSA) is 29.5 Å². The van der Waals surface area contributed by atoms with Crippen LogP contribution in [0.15, 0.2) is 36.4 Å². The van der Waals surface area contributed by atoms with Gasteiger partial charge in [-0.25, -0.2) is 0 Å². The molecule has 0 bridgehead atoms. The molecule has 26 heavy (non-hydrogen) atoms. The number of rotatable bonds is 4. The largest absolute Gasteiger partial charge is 0.496 e. The summed E-state index contributed by atoms with van der Waals surface area (Å²) in [7, 11) is 1.62. The number of amides is 1. The van der Waals surface area contributed by atoms with E-state index in [4.69, 9.17) is 27.9 Å². The normalized spacial score (nSPS) is 14.7. The molecule has 135 valence electrons. The Kier molecular flexibility index (Phi) is 6.23. The number of ether oxygens (including phenoxy) is 1. The lowest BCUT2D eigenvalue weighted by atomic mass is 9.98. The van der Waals surface area contributed by atoms with E-state index in [0.717, 1.165) is 42.8 Å². The van der Waals surface area contributed by atoms with Gasteiger partial charge in [0, 0.05) is 36.4 Å². The number of benzene rings is 2. The van der Waals surface area contributed by atoms with E-state index >= 15 is 0 Å². The van der Waals surface area contributed by atoms with Gasteiger partial charge < -0.3 is 9.64 Å². The SMILES string of the molecule is COc1ccccc1-c1c[c]c(Cl)c(Cl)c1/C=C/C(=O)N1CCCCC1. The quantitative estimate of drug-likeness (QED) is 0.647. The number of likely N-dealkylation sites (tertiary alicyclic amines) is 1. The molecule has 3 nitrogen and oxygen atoms in total. The average molecular weight is 389 g/mol. The fourth-order valence-electron chi connectivity index (χ4n) is 3.14. The van der Waals surface area contributed by atoms with Crippen molar-refractivity contribution in [2.45, 2.75) is 19.3 Å².